The molecular formula is C25H15N3O11. The maximum absolute atomic E-state index is 12.5. The zero-order valence-corrected chi connectivity index (χ0v) is 19.6. The summed E-state index contributed by atoms with van der Waals surface area (Å²) in [7, 11) is 0. The maximum atomic E-state index is 12.5. The Balaban J connectivity index is 1.31. The Labute approximate surface area is 217 Å². The zero-order chi connectivity index (χ0) is 28.3. The lowest BCUT2D eigenvalue weighted by atomic mass is 10.1. The van der Waals surface area contributed by atoms with Crippen LogP contribution in [0, 0.1) is 20.2 Å². The standard InChI is InChI=1S/C25H15N3O11/c29-20(14-6-10-17(11-7-14)39-25(33)15-4-8-16(9-5-15)27(34)35)13-38-21(30)12-26-23(31)18-2-1-3-19(28(36)37)22(18)24(26)32/h1-11H,12-13H2. The lowest BCUT2D eigenvalue weighted by Gasteiger charge is -2.12. The molecule has 0 aromatic heterocycles. The smallest absolute Gasteiger partial charge is 0.343 e. The van der Waals surface area contributed by atoms with Gasteiger partial charge in [0.05, 0.1) is 21.0 Å². The van der Waals surface area contributed by atoms with Crippen molar-refractivity contribution in [2.75, 3.05) is 13.2 Å². The maximum Gasteiger partial charge on any atom is 0.343 e. The van der Waals surface area contributed by atoms with Crippen molar-refractivity contribution in [1.29, 1.82) is 0 Å². The lowest BCUT2D eigenvalue weighted by Crippen LogP contribution is -2.36. The number of fused-ring (bicyclic) bond motifs is 1. The summed E-state index contributed by atoms with van der Waals surface area (Å²) in [6, 6.07) is 13.5. The third-order valence-corrected chi connectivity index (χ3v) is 5.53. The van der Waals surface area contributed by atoms with Crippen LogP contribution in [0.3, 0.4) is 0 Å². The van der Waals surface area contributed by atoms with Gasteiger partial charge in [-0.05, 0) is 42.5 Å². The fourth-order valence-corrected chi connectivity index (χ4v) is 3.61. The van der Waals surface area contributed by atoms with Crippen LogP contribution in [-0.2, 0) is 9.53 Å². The minimum absolute atomic E-state index is 0.0698. The van der Waals surface area contributed by atoms with Crippen molar-refractivity contribution in [1.82, 2.24) is 4.90 Å². The molecule has 3 aromatic carbocycles. The number of non-ortho nitro benzene ring substituents is 1. The average Bonchev–Trinajstić information content (AvgIpc) is 3.16. The summed E-state index contributed by atoms with van der Waals surface area (Å²) >= 11 is 0. The van der Waals surface area contributed by atoms with E-state index >= 15 is 0 Å². The highest BCUT2D eigenvalue weighted by molar-refractivity contribution is 6.24. The minimum atomic E-state index is -1.09. The van der Waals surface area contributed by atoms with E-state index in [9.17, 15) is 44.2 Å². The second-order valence-electron chi connectivity index (χ2n) is 7.95. The molecule has 1 aliphatic rings. The summed E-state index contributed by atoms with van der Waals surface area (Å²) in [5.74, 6) is -4.36. The molecule has 0 spiro atoms. The van der Waals surface area contributed by atoms with Gasteiger partial charge >= 0.3 is 11.9 Å². The predicted molar refractivity (Wildman–Crippen MR) is 128 cm³/mol. The topological polar surface area (TPSA) is 193 Å². The predicted octanol–water partition coefficient (Wildman–Crippen LogP) is 2.74. The number of esters is 2. The first-order valence-electron chi connectivity index (χ1n) is 11.0. The van der Waals surface area contributed by atoms with Crippen LogP contribution in [0.4, 0.5) is 11.4 Å². The molecule has 39 heavy (non-hydrogen) atoms. The van der Waals surface area contributed by atoms with Crippen molar-refractivity contribution >= 4 is 40.9 Å². The van der Waals surface area contributed by atoms with Crippen LogP contribution in [0.15, 0.2) is 66.7 Å². The van der Waals surface area contributed by atoms with Crippen molar-refractivity contribution in [2.45, 2.75) is 0 Å². The van der Waals surface area contributed by atoms with Crippen LogP contribution in [0.1, 0.15) is 41.4 Å². The van der Waals surface area contributed by atoms with Gasteiger partial charge in [0, 0.05) is 23.8 Å². The van der Waals surface area contributed by atoms with Gasteiger partial charge < -0.3 is 9.47 Å². The quantitative estimate of drug-likeness (QED) is 0.0980. The number of carbonyl (C=O) groups excluding carboxylic acids is 5. The molecule has 196 valence electrons. The number of nitro groups is 2. The molecule has 14 heteroatoms. The van der Waals surface area contributed by atoms with E-state index in [0.717, 1.165) is 18.2 Å². The zero-order valence-electron chi connectivity index (χ0n) is 19.6. The summed E-state index contributed by atoms with van der Waals surface area (Å²) in [5, 5.41) is 21.9. The highest BCUT2D eigenvalue weighted by Gasteiger charge is 2.42. The van der Waals surface area contributed by atoms with Gasteiger partial charge in [0.2, 0.25) is 0 Å². The van der Waals surface area contributed by atoms with Crippen LogP contribution < -0.4 is 4.74 Å². The first-order chi connectivity index (χ1) is 18.6. The van der Waals surface area contributed by atoms with E-state index in [4.69, 9.17) is 9.47 Å². The molecule has 0 atom stereocenters. The monoisotopic (exact) mass is 533 g/mol. The molecule has 0 saturated carbocycles. The minimum Gasteiger partial charge on any atom is -0.456 e. The number of ether oxygens (including phenoxy) is 2. The molecule has 0 radical (unpaired) electrons. The Kier molecular flexibility index (Phi) is 7.19. The largest absolute Gasteiger partial charge is 0.456 e. The molecule has 0 unspecified atom stereocenters. The summed E-state index contributed by atoms with van der Waals surface area (Å²) in [6.07, 6.45) is 0. The van der Waals surface area contributed by atoms with Crippen molar-refractivity contribution in [3.63, 3.8) is 0 Å². The van der Waals surface area contributed by atoms with Gasteiger partial charge in [0.1, 0.15) is 17.9 Å². The third-order valence-electron chi connectivity index (χ3n) is 5.53. The molecule has 2 amide bonds. The second kappa shape index (κ2) is 10.7. The Bertz CT molecular complexity index is 1550. The number of hydrogen-bond donors (Lipinski definition) is 0. The van der Waals surface area contributed by atoms with E-state index in [-0.39, 0.29) is 28.1 Å². The molecule has 0 bridgehead atoms. The number of ketones is 1. The molecule has 1 heterocycles. The Morgan fingerprint density at radius 1 is 0.795 bits per heavy atom. The van der Waals surface area contributed by atoms with Crippen LogP contribution in [0.25, 0.3) is 0 Å². The van der Waals surface area contributed by atoms with Crippen molar-refractivity contribution in [2.24, 2.45) is 0 Å². The lowest BCUT2D eigenvalue weighted by molar-refractivity contribution is -0.385. The Morgan fingerprint density at radius 2 is 1.44 bits per heavy atom. The number of benzene rings is 3. The van der Waals surface area contributed by atoms with E-state index < -0.39 is 63.8 Å². The second-order valence-corrected chi connectivity index (χ2v) is 7.95. The number of imide groups is 1. The van der Waals surface area contributed by atoms with Crippen LogP contribution in [0.2, 0.25) is 0 Å². The number of amides is 2. The van der Waals surface area contributed by atoms with E-state index in [1.54, 1.807) is 0 Å². The van der Waals surface area contributed by atoms with Gasteiger partial charge in [-0.3, -0.25) is 44.3 Å². The molecule has 0 fully saturated rings. The molecule has 1 aliphatic heterocycles. The average molecular weight is 533 g/mol. The van der Waals surface area contributed by atoms with Gasteiger partial charge in [0.15, 0.2) is 12.4 Å². The molecule has 3 aromatic rings. The van der Waals surface area contributed by atoms with Gasteiger partial charge in [-0.25, -0.2) is 4.79 Å². The van der Waals surface area contributed by atoms with Gasteiger partial charge in [-0.1, -0.05) is 6.07 Å². The highest BCUT2D eigenvalue weighted by atomic mass is 16.6. The number of rotatable bonds is 9. The normalized spacial score (nSPS) is 12.1. The fraction of sp³-hybridized carbons (Fsp3) is 0.0800. The Morgan fingerprint density at radius 3 is 2.05 bits per heavy atom. The van der Waals surface area contributed by atoms with Gasteiger partial charge in [-0.15, -0.1) is 0 Å². The van der Waals surface area contributed by atoms with Crippen LogP contribution >= 0.6 is 0 Å². The number of hydrogen-bond acceptors (Lipinski definition) is 11. The number of carbonyl (C=O) groups is 5. The number of nitro benzene ring substituents is 2. The molecule has 14 nitrogen and oxygen atoms in total. The summed E-state index contributed by atoms with van der Waals surface area (Å²) in [5.41, 5.74) is -1.24. The van der Waals surface area contributed by atoms with Crippen molar-refractivity contribution in [3.05, 3.63) is 109 Å². The highest BCUT2D eigenvalue weighted by Crippen LogP contribution is 2.30. The molecule has 4 rings (SSSR count). The van der Waals surface area contributed by atoms with Crippen LogP contribution in [-0.4, -0.2) is 57.4 Å². The Hall–Kier alpha value is -5.79. The number of nitrogens with zero attached hydrogens (tertiary/aromatic N) is 3. The third kappa shape index (κ3) is 5.48. The van der Waals surface area contributed by atoms with Gasteiger partial charge in [0.25, 0.3) is 23.2 Å². The van der Waals surface area contributed by atoms with Crippen LogP contribution in [0.5, 0.6) is 5.75 Å². The van der Waals surface area contributed by atoms with E-state index in [1.165, 1.54) is 48.5 Å². The first kappa shape index (κ1) is 26.3. The van der Waals surface area contributed by atoms with E-state index in [1.807, 2.05) is 0 Å². The summed E-state index contributed by atoms with van der Waals surface area (Å²) in [4.78, 5) is 82.8. The van der Waals surface area contributed by atoms with E-state index in [0.29, 0.717) is 4.90 Å². The molecule has 0 N–H and O–H groups in total. The van der Waals surface area contributed by atoms with E-state index in [2.05, 4.69) is 0 Å². The SMILES string of the molecule is O=C(CN1C(=O)c2cccc([N+](=O)[O-])c2C1=O)OCC(=O)c1ccc(OC(=O)c2ccc([N+](=O)[O-])cc2)cc1. The molecule has 0 aliphatic carbocycles. The molecular weight excluding hydrogens is 518 g/mol. The number of Topliss-reactive ketones (excluding diaryl/α,β-unsaturated/α-hetero) is 1. The van der Waals surface area contributed by atoms with Gasteiger partial charge in [-0.2, -0.15) is 0 Å². The summed E-state index contributed by atoms with van der Waals surface area (Å²) in [6.45, 7) is -1.58. The first-order valence-corrected chi connectivity index (χ1v) is 11.0. The fourth-order valence-electron chi connectivity index (χ4n) is 3.61. The summed E-state index contributed by atoms with van der Waals surface area (Å²) < 4.78 is 10.0. The van der Waals surface area contributed by atoms with Crippen molar-refractivity contribution in [3.8, 4) is 5.75 Å². The van der Waals surface area contributed by atoms with Crippen molar-refractivity contribution < 1.29 is 43.3 Å². The molecule has 0 saturated heterocycles.